The van der Waals surface area contributed by atoms with Gasteiger partial charge in [-0.3, -0.25) is 53.0 Å². The van der Waals surface area contributed by atoms with Gasteiger partial charge in [-0.1, -0.05) is 117 Å². The molecule has 27 heteroatoms. The Morgan fingerprint density at radius 3 is 1.98 bits per heavy atom. The Bertz CT molecular complexity index is 3180. The molecular formula is C72H106N12O14S. The molecule has 1 unspecified atom stereocenters. The van der Waals surface area contributed by atoms with Crippen molar-refractivity contribution in [2.75, 3.05) is 53.3 Å². The minimum absolute atomic E-state index is 0.0170. The fraction of sp³-hybridized carbons (Fsp3) is 0.611. The second kappa shape index (κ2) is 39.5. The van der Waals surface area contributed by atoms with Gasteiger partial charge in [-0.25, -0.2) is 14.6 Å². The highest BCUT2D eigenvalue weighted by Gasteiger charge is 2.45. The maximum absolute atomic E-state index is 15.1. The number of rotatable bonds is 38. The van der Waals surface area contributed by atoms with Crippen LogP contribution in [0.5, 0.6) is 0 Å². The highest BCUT2D eigenvalue weighted by atomic mass is 32.1. The van der Waals surface area contributed by atoms with Gasteiger partial charge < -0.3 is 61.6 Å². The van der Waals surface area contributed by atoms with Crippen LogP contribution in [0.25, 0.3) is 0 Å². The number of amides is 12. The van der Waals surface area contributed by atoms with E-state index in [1.54, 1.807) is 84.3 Å². The molecule has 26 nitrogen and oxygen atoms in total. The number of methoxy groups -OCH3 is 2. The number of urea groups is 1. The van der Waals surface area contributed by atoms with E-state index >= 15 is 4.79 Å². The fourth-order valence-electron chi connectivity index (χ4n) is 13.6. The number of primary amides is 1. The molecule has 12 amide bonds. The van der Waals surface area contributed by atoms with Gasteiger partial charge in [0.25, 0.3) is 11.8 Å². The first-order valence-electron chi connectivity index (χ1n) is 34.9. The molecule has 3 aromatic rings. The molecule has 1 aliphatic carbocycles. The molecule has 0 spiro atoms. The Morgan fingerprint density at radius 2 is 1.37 bits per heavy atom. The second-order valence-electron chi connectivity index (χ2n) is 27.2. The van der Waals surface area contributed by atoms with E-state index in [-0.39, 0.29) is 98.7 Å². The first-order chi connectivity index (χ1) is 47.2. The van der Waals surface area contributed by atoms with E-state index in [1.807, 2.05) is 61.4 Å². The third-order valence-electron chi connectivity index (χ3n) is 19.0. The summed E-state index contributed by atoms with van der Waals surface area (Å²) in [5.74, 6) is -5.51. The van der Waals surface area contributed by atoms with Crippen molar-refractivity contribution < 1.29 is 67.0 Å². The second-order valence-corrected chi connectivity index (χ2v) is 28.2. The largest absolute Gasteiger partial charge is 0.445 e. The maximum atomic E-state index is 15.1. The number of hydrogen-bond acceptors (Lipinski definition) is 16. The number of carbonyl (C=O) groups is 11. The number of nitrogens with zero attached hydrogens (tertiary/aromatic N) is 5. The molecule has 3 aliphatic rings. The lowest BCUT2D eigenvalue weighted by Crippen LogP contribution is -2.60. The van der Waals surface area contributed by atoms with Crippen molar-refractivity contribution in [2.45, 2.75) is 206 Å². The van der Waals surface area contributed by atoms with Crippen LogP contribution < -0.4 is 37.6 Å². The summed E-state index contributed by atoms with van der Waals surface area (Å²) in [7, 11) is 6.29. The van der Waals surface area contributed by atoms with Crippen LogP contribution in [0.2, 0.25) is 0 Å². The van der Waals surface area contributed by atoms with Crippen molar-refractivity contribution in [1.82, 2.24) is 51.2 Å². The van der Waals surface area contributed by atoms with Gasteiger partial charge in [0, 0.05) is 83.8 Å². The standard InChI is InChI=1S/C72H106N12O14S/c1-44(2)60(79-56(85)29-19-14-20-38-84-57(86)34-35-58(84)87)67(91)77-52(27-21-36-75-71(73)94)66(90)76-51-32-30-49(31-33-51)43-98-72(95)82(9)62(46(5)6)68(92)80-61(45(3)4)70(93)81(8)63(50-25-17-13-18-26-50)55(96-10)42-59(88)83-39-22-28-54(83)64(97-11)47(7)65(89)78-53(69-74-37-40-99-69)41-48-23-15-12-16-24-48/h12,15-16,23-24,30-35,37,40,44-47,50,52-55,60-64H,13-14,17-22,25-29,36,38-39,41-43H2,1-11H3,(H,76,90)(H,77,91)(H,78,89)(H,79,85)(H,80,92)(H3,73,75,94)/t47-,52?,53+,54+,55-,60+,61+,62+,63+,64-/m1/s1. The lowest BCUT2D eigenvalue weighted by atomic mass is 9.80. The van der Waals surface area contributed by atoms with E-state index in [0.29, 0.717) is 56.3 Å². The third kappa shape index (κ3) is 23.4. The van der Waals surface area contributed by atoms with E-state index < -0.39 is 96.1 Å². The summed E-state index contributed by atoms with van der Waals surface area (Å²) in [6.45, 7) is 13.2. The Labute approximate surface area is 586 Å². The lowest BCUT2D eigenvalue weighted by molar-refractivity contribution is -0.148. The van der Waals surface area contributed by atoms with Crippen LogP contribution >= 0.6 is 11.3 Å². The first-order valence-corrected chi connectivity index (χ1v) is 35.7. The number of likely N-dealkylation sites (N-methyl/N-ethyl adjacent to an activating group) is 2. The molecule has 1 saturated carbocycles. The number of ether oxygens (including phenoxy) is 3. The number of hydrogen-bond donors (Lipinski definition) is 7. The van der Waals surface area contributed by atoms with Crippen LogP contribution in [0.15, 0.2) is 78.3 Å². The molecule has 2 fully saturated rings. The smallest absolute Gasteiger partial charge is 0.410 e. The van der Waals surface area contributed by atoms with Gasteiger partial charge in [0.15, 0.2) is 0 Å². The minimum atomic E-state index is -1.11. The normalized spacial score (nSPS) is 17.6. The molecule has 6 rings (SSSR count). The van der Waals surface area contributed by atoms with E-state index in [9.17, 15) is 47.9 Å². The monoisotopic (exact) mass is 1390 g/mol. The van der Waals surface area contributed by atoms with Crippen LogP contribution in [0, 0.1) is 29.6 Å². The fourth-order valence-corrected chi connectivity index (χ4v) is 14.2. The SMILES string of the molecule is CO[C@H]([C@@H](C)C(=O)N[C@@H](Cc1ccccc1)c1nccs1)[C@@H]1CCCN1C(=O)C[C@@H](OC)[C@H](C1CCCCC1)N(C)C(=O)[C@@H](NC(=O)[C@H](C(C)C)N(C)C(=O)OCc1ccc(NC(=O)C(CCCNC(N)=O)NC(=O)[C@@H](NC(=O)CCCCCN2C(=O)C=CC2=O)C(C)C)cc1)C(C)C. The van der Waals surface area contributed by atoms with Gasteiger partial charge in [0.05, 0.1) is 42.7 Å². The molecule has 2 aliphatic heterocycles. The number of imide groups is 1. The van der Waals surface area contributed by atoms with Crippen LogP contribution in [-0.4, -0.2) is 186 Å². The number of benzene rings is 2. The van der Waals surface area contributed by atoms with Crippen molar-refractivity contribution in [3.8, 4) is 0 Å². The summed E-state index contributed by atoms with van der Waals surface area (Å²) >= 11 is 1.48. The number of likely N-dealkylation sites (tertiary alicyclic amines) is 1. The van der Waals surface area contributed by atoms with Crippen molar-refractivity contribution in [2.24, 2.45) is 35.3 Å². The van der Waals surface area contributed by atoms with Gasteiger partial charge in [-0.2, -0.15) is 0 Å². The molecule has 2 aromatic carbocycles. The zero-order valence-electron chi connectivity index (χ0n) is 59.5. The van der Waals surface area contributed by atoms with Gasteiger partial charge in [-0.05, 0) is 105 Å². The van der Waals surface area contributed by atoms with Crippen molar-refractivity contribution in [3.05, 3.63) is 94.5 Å². The predicted molar refractivity (Wildman–Crippen MR) is 375 cm³/mol. The average molecular weight is 1400 g/mol. The summed E-state index contributed by atoms with van der Waals surface area (Å²) in [6, 6.07) is 10.0. The topological polar surface area (TPSA) is 340 Å². The third-order valence-corrected chi connectivity index (χ3v) is 19.9. The Hall–Kier alpha value is -8.30. The quantitative estimate of drug-likeness (QED) is 0.0226. The molecule has 3 heterocycles. The Balaban J connectivity index is 1.05. The van der Waals surface area contributed by atoms with E-state index in [2.05, 4.69) is 36.9 Å². The molecule has 544 valence electrons. The number of thiazole rings is 1. The molecule has 1 saturated heterocycles. The van der Waals surface area contributed by atoms with Crippen LogP contribution in [0.4, 0.5) is 15.3 Å². The molecule has 0 radical (unpaired) electrons. The van der Waals surface area contributed by atoms with Gasteiger partial charge in [0.2, 0.25) is 41.4 Å². The zero-order valence-corrected chi connectivity index (χ0v) is 60.3. The summed E-state index contributed by atoms with van der Waals surface area (Å²) in [4.78, 5) is 159. The molecule has 99 heavy (non-hydrogen) atoms. The molecule has 10 atom stereocenters. The summed E-state index contributed by atoms with van der Waals surface area (Å²) in [5, 5.41) is 19.7. The van der Waals surface area contributed by atoms with Crippen LogP contribution in [0.1, 0.15) is 161 Å². The number of unbranched alkanes of at least 4 members (excludes halogenated alkanes) is 2. The van der Waals surface area contributed by atoms with Gasteiger partial charge >= 0.3 is 12.1 Å². The van der Waals surface area contributed by atoms with Crippen LogP contribution in [-0.2, 0) is 70.4 Å². The van der Waals surface area contributed by atoms with Crippen molar-refractivity contribution in [1.29, 1.82) is 0 Å². The maximum Gasteiger partial charge on any atom is 0.410 e. The van der Waals surface area contributed by atoms with E-state index in [4.69, 9.17) is 19.9 Å². The van der Waals surface area contributed by atoms with Crippen molar-refractivity contribution in [3.63, 3.8) is 0 Å². The summed E-state index contributed by atoms with van der Waals surface area (Å²) in [5.41, 5.74) is 7.19. The average Bonchev–Trinajstić information content (AvgIpc) is 1.76. The van der Waals surface area contributed by atoms with Crippen LogP contribution in [0.3, 0.4) is 0 Å². The molecular weight excluding hydrogens is 1290 g/mol. The summed E-state index contributed by atoms with van der Waals surface area (Å²) < 4.78 is 18.1. The number of nitrogens with two attached hydrogens (primary N) is 1. The molecule has 1 aromatic heterocycles. The first kappa shape index (κ1) is 79.7. The zero-order chi connectivity index (χ0) is 72.5. The predicted octanol–water partition coefficient (Wildman–Crippen LogP) is 6.93. The molecule has 8 N–H and O–H groups in total. The number of nitrogens with one attached hydrogen (secondary N) is 6. The van der Waals surface area contributed by atoms with E-state index in [1.165, 1.54) is 35.4 Å². The molecule has 0 bridgehead atoms. The Kier molecular flexibility index (Phi) is 31.8. The number of anilines is 1. The van der Waals surface area contributed by atoms with Gasteiger partial charge in [-0.15, -0.1) is 11.3 Å². The number of carbonyl (C=O) groups excluding carboxylic acids is 11. The number of aromatic nitrogens is 1. The van der Waals surface area contributed by atoms with Crippen molar-refractivity contribution >= 4 is 82.3 Å². The van der Waals surface area contributed by atoms with E-state index in [0.717, 1.165) is 47.6 Å². The summed E-state index contributed by atoms with van der Waals surface area (Å²) in [6.07, 6.45) is 10.3. The minimum Gasteiger partial charge on any atom is -0.445 e. The highest BCUT2D eigenvalue weighted by Crippen LogP contribution is 2.35. The van der Waals surface area contributed by atoms with Gasteiger partial charge in [0.1, 0.15) is 35.8 Å². The Morgan fingerprint density at radius 1 is 0.697 bits per heavy atom. The lowest BCUT2D eigenvalue weighted by Gasteiger charge is -2.43. The highest BCUT2D eigenvalue weighted by molar-refractivity contribution is 7.09.